The Bertz CT molecular complexity index is 845. The maximum absolute atomic E-state index is 9.58. The summed E-state index contributed by atoms with van der Waals surface area (Å²) >= 11 is 0. The molecule has 2 N–H and O–H groups in total. The quantitative estimate of drug-likeness (QED) is 0.359. The molecule has 1 aromatic heterocycles. The molecule has 2 aromatic carbocycles. The van der Waals surface area contributed by atoms with E-state index in [1.807, 2.05) is 24.3 Å². The summed E-state index contributed by atoms with van der Waals surface area (Å²) in [7, 11) is 0. The van der Waals surface area contributed by atoms with Crippen molar-refractivity contribution in [3.8, 4) is 34.1 Å². The molecule has 1 heterocycles. The van der Waals surface area contributed by atoms with E-state index in [1.54, 1.807) is 24.3 Å². The molecule has 4 heteroatoms. The predicted octanol–water partition coefficient (Wildman–Crippen LogP) is 7.18. The first-order valence-corrected chi connectivity index (χ1v) is 10.4. The summed E-state index contributed by atoms with van der Waals surface area (Å²) in [5.41, 5.74) is 3.40. The molecule has 0 spiro atoms. The minimum absolute atomic E-state index is 0.215. The third-order valence-corrected chi connectivity index (χ3v) is 5.01. The van der Waals surface area contributed by atoms with Gasteiger partial charge in [0.1, 0.15) is 17.2 Å². The van der Waals surface area contributed by atoms with Crippen molar-refractivity contribution in [1.82, 2.24) is 5.16 Å². The van der Waals surface area contributed by atoms with Gasteiger partial charge in [0.2, 0.25) is 0 Å². The second-order valence-electron chi connectivity index (χ2n) is 7.33. The zero-order chi connectivity index (χ0) is 20.5. The molecule has 4 nitrogen and oxygen atoms in total. The highest BCUT2D eigenvalue weighted by atomic mass is 16.5. The van der Waals surface area contributed by atoms with Gasteiger partial charge < -0.3 is 14.7 Å². The van der Waals surface area contributed by atoms with Gasteiger partial charge in [0.25, 0.3) is 0 Å². The molecular weight excluding hydrogens is 362 g/mol. The number of phenols is 2. The lowest BCUT2D eigenvalue weighted by molar-refractivity contribution is 0.434. The van der Waals surface area contributed by atoms with E-state index in [2.05, 4.69) is 24.2 Å². The average molecular weight is 392 g/mol. The van der Waals surface area contributed by atoms with Crippen molar-refractivity contribution in [2.45, 2.75) is 51.9 Å². The van der Waals surface area contributed by atoms with Crippen molar-refractivity contribution in [2.75, 3.05) is 0 Å². The number of hydrogen-bond donors (Lipinski definition) is 2. The molecule has 152 valence electrons. The zero-order valence-corrected chi connectivity index (χ0v) is 17.0. The predicted molar refractivity (Wildman–Crippen MR) is 118 cm³/mol. The Labute approximate surface area is 172 Å². The van der Waals surface area contributed by atoms with E-state index in [1.165, 1.54) is 38.5 Å². The number of hydrogen-bond acceptors (Lipinski definition) is 4. The first-order chi connectivity index (χ1) is 14.2. The summed E-state index contributed by atoms with van der Waals surface area (Å²) < 4.78 is 5.68. The summed E-state index contributed by atoms with van der Waals surface area (Å²) in [6.45, 7) is 2.24. The van der Waals surface area contributed by atoms with E-state index in [-0.39, 0.29) is 11.5 Å². The monoisotopic (exact) mass is 391 g/mol. The molecular formula is C25H29NO3. The molecule has 0 unspecified atom stereocenters. The molecule has 0 atom stereocenters. The van der Waals surface area contributed by atoms with Gasteiger partial charge in [0.15, 0.2) is 5.76 Å². The van der Waals surface area contributed by atoms with Crippen molar-refractivity contribution in [2.24, 2.45) is 0 Å². The summed E-state index contributed by atoms with van der Waals surface area (Å²) in [5, 5.41) is 23.4. The topological polar surface area (TPSA) is 66.5 Å². The highest BCUT2D eigenvalue weighted by Crippen LogP contribution is 2.34. The molecule has 0 saturated carbocycles. The van der Waals surface area contributed by atoms with Crippen LogP contribution in [-0.2, 0) is 0 Å². The van der Waals surface area contributed by atoms with Crippen molar-refractivity contribution in [3.63, 3.8) is 0 Å². The van der Waals surface area contributed by atoms with Crippen LogP contribution in [0, 0.1) is 0 Å². The van der Waals surface area contributed by atoms with E-state index in [9.17, 15) is 10.2 Å². The highest BCUT2D eigenvalue weighted by Gasteiger charge is 2.17. The number of unbranched alkanes of at least 4 members (excludes halogenated alkanes) is 6. The average Bonchev–Trinajstić information content (AvgIpc) is 3.15. The fourth-order valence-corrected chi connectivity index (χ4v) is 3.34. The molecule has 0 aliphatic heterocycles. The lowest BCUT2D eigenvalue weighted by Crippen LogP contribution is -1.83. The Morgan fingerprint density at radius 3 is 2.03 bits per heavy atom. The summed E-state index contributed by atoms with van der Waals surface area (Å²) in [6, 6.07) is 13.9. The van der Waals surface area contributed by atoms with Crippen molar-refractivity contribution >= 4 is 6.08 Å². The van der Waals surface area contributed by atoms with Crippen molar-refractivity contribution < 1.29 is 14.7 Å². The van der Waals surface area contributed by atoms with Crippen LogP contribution in [0.2, 0.25) is 0 Å². The number of allylic oxidation sites excluding steroid dienone is 1. The van der Waals surface area contributed by atoms with Gasteiger partial charge in [-0.05, 0) is 61.4 Å². The largest absolute Gasteiger partial charge is 0.508 e. The standard InChI is InChI=1S/C25H29NO3/c1-2-3-4-5-6-7-8-9-10-23-24(19-11-15-21(27)16-12-19)26-29-25(23)20-13-17-22(28)18-14-20/h9-18,27-28H,2-8H2,1H3/b10-9+. The Morgan fingerprint density at radius 2 is 1.38 bits per heavy atom. The number of nitrogens with zero attached hydrogens (tertiary/aromatic N) is 1. The van der Waals surface area contributed by atoms with Crippen LogP contribution in [-0.4, -0.2) is 15.4 Å². The summed E-state index contributed by atoms with van der Waals surface area (Å²) in [6.07, 6.45) is 12.9. The molecule has 29 heavy (non-hydrogen) atoms. The molecule has 0 aliphatic carbocycles. The number of phenolic OH excluding ortho intramolecular Hbond substituents is 2. The SMILES string of the molecule is CCCCCCCC/C=C/c1c(-c2ccc(O)cc2)noc1-c1ccc(O)cc1. The number of rotatable bonds is 10. The Morgan fingerprint density at radius 1 is 0.793 bits per heavy atom. The summed E-state index contributed by atoms with van der Waals surface area (Å²) in [5.74, 6) is 1.11. The molecule has 0 saturated heterocycles. The summed E-state index contributed by atoms with van der Waals surface area (Å²) in [4.78, 5) is 0. The highest BCUT2D eigenvalue weighted by molar-refractivity contribution is 5.81. The third kappa shape index (κ3) is 5.74. The van der Waals surface area contributed by atoms with Gasteiger partial charge in [0, 0.05) is 11.1 Å². The van der Waals surface area contributed by atoms with E-state index in [0.717, 1.165) is 28.8 Å². The minimum atomic E-state index is 0.215. The first kappa shape index (κ1) is 20.7. The lowest BCUT2D eigenvalue weighted by Gasteiger charge is -2.02. The van der Waals surface area contributed by atoms with Crippen LogP contribution >= 0.6 is 0 Å². The van der Waals surface area contributed by atoms with Crippen LogP contribution in [0.3, 0.4) is 0 Å². The van der Waals surface area contributed by atoms with Gasteiger partial charge in [0.05, 0.1) is 5.56 Å². The van der Waals surface area contributed by atoms with Crippen LogP contribution < -0.4 is 0 Å². The van der Waals surface area contributed by atoms with E-state index in [0.29, 0.717) is 5.76 Å². The molecule has 0 bridgehead atoms. The van der Waals surface area contributed by atoms with Crippen molar-refractivity contribution in [1.29, 1.82) is 0 Å². The first-order valence-electron chi connectivity index (χ1n) is 10.4. The van der Waals surface area contributed by atoms with Gasteiger partial charge in [-0.15, -0.1) is 0 Å². The third-order valence-electron chi connectivity index (χ3n) is 5.01. The van der Waals surface area contributed by atoms with Gasteiger partial charge in [-0.1, -0.05) is 56.3 Å². The van der Waals surface area contributed by atoms with Gasteiger partial charge >= 0.3 is 0 Å². The van der Waals surface area contributed by atoms with Crippen LogP contribution in [0.4, 0.5) is 0 Å². The van der Waals surface area contributed by atoms with E-state index in [4.69, 9.17) is 4.52 Å². The smallest absolute Gasteiger partial charge is 0.174 e. The second kappa shape index (κ2) is 10.5. The van der Waals surface area contributed by atoms with Gasteiger partial charge in [-0.25, -0.2) is 0 Å². The lowest BCUT2D eigenvalue weighted by atomic mass is 10.0. The van der Waals surface area contributed by atoms with Gasteiger partial charge in [-0.2, -0.15) is 0 Å². The number of benzene rings is 2. The fourth-order valence-electron chi connectivity index (χ4n) is 3.34. The van der Waals surface area contributed by atoms with Crippen LogP contribution in [0.15, 0.2) is 59.1 Å². The Kier molecular flexibility index (Phi) is 7.51. The maximum Gasteiger partial charge on any atom is 0.174 e. The van der Waals surface area contributed by atoms with Crippen LogP contribution in [0.5, 0.6) is 11.5 Å². The molecule has 0 amide bonds. The number of aromatic hydroxyl groups is 2. The molecule has 3 aromatic rings. The van der Waals surface area contributed by atoms with Gasteiger partial charge in [-0.3, -0.25) is 0 Å². The molecule has 0 radical (unpaired) electrons. The Balaban J connectivity index is 1.79. The second-order valence-corrected chi connectivity index (χ2v) is 7.33. The van der Waals surface area contributed by atoms with E-state index < -0.39 is 0 Å². The molecule has 3 rings (SSSR count). The minimum Gasteiger partial charge on any atom is -0.508 e. The maximum atomic E-state index is 9.58. The van der Waals surface area contributed by atoms with E-state index >= 15 is 0 Å². The normalized spacial score (nSPS) is 11.3. The zero-order valence-electron chi connectivity index (χ0n) is 17.0. The fraction of sp³-hybridized carbons (Fsp3) is 0.320. The van der Waals surface area contributed by atoms with Crippen LogP contribution in [0.25, 0.3) is 28.7 Å². The van der Waals surface area contributed by atoms with Crippen molar-refractivity contribution in [3.05, 3.63) is 60.2 Å². The Hall–Kier alpha value is -3.01. The molecule has 0 aliphatic rings. The molecule has 0 fully saturated rings. The number of aromatic nitrogens is 1. The van der Waals surface area contributed by atoms with Crippen LogP contribution in [0.1, 0.15) is 57.4 Å².